The highest BCUT2D eigenvalue weighted by Gasteiger charge is 1.98. The van der Waals surface area contributed by atoms with Gasteiger partial charge in [-0.25, -0.2) is 8.78 Å². The van der Waals surface area contributed by atoms with Crippen LogP contribution in [0.5, 0.6) is 0 Å². The van der Waals surface area contributed by atoms with Gasteiger partial charge in [-0.15, -0.1) is 0 Å². The minimum Gasteiger partial charge on any atom is -0.316 e. The van der Waals surface area contributed by atoms with E-state index in [-0.39, 0.29) is 11.6 Å². The van der Waals surface area contributed by atoms with Gasteiger partial charge in [0.1, 0.15) is 11.6 Å². The van der Waals surface area contributed by atoms with Gasteiger partial charge in [0, 0.05) is 37.7 Å². The number of nitrogens with one attached hydrogen (secondary N) is 4. The second kappa shape index (κ2) is 23.7. The summed E-state index contributed by atoms with van der Waals surface area (Å²) in [5, 5.41) is 13.9. The molecule has 0 atom stereocenters. The van der Waals surface area contributed by atoms with Crippen molar-refractivity contribution in [2.75, 3.05) is 50.8 Å². The van der Waals surface area contributed by atoms with Crippen molar-refractivity contribution in [2.45, 2.75) is 64.5 Å². The SMILES string of the molecule is Fc1cccc(CNCCCCCCNCCSSCCNCCCCCCNCc2cccc(F)c2)c1. The van der Waals surface area contributed by atoms with Crippen LogP contribution in [0.25, 0.3) is 0 Å². The van der Waals surface area contributed by atoms with Gasteiger partial charge >= 0.3 is 0 Å². The summed E-state index contributed by atoms with van der Waals surface area (Å²) in [5.74, 6) is 1.99. The van der Waals surface area contributed by atoms with Gasteiger partial charge in [-0.1, -0.05) is 71.5 Å². The van der Waals surface area contributed by atoms with Crippen molar-refractivity contribution in [2.24, 2.45) is 0 Å². The van der Waals surface area contributed by atoms with Crippen molar-refractivity contribution in [1.82, 2.24) is 21.3 Å². The normalized spacial score (nSPS) is 11.3. The fourth-order valence-electron chi connectivity index (χ4n) is 4.06. The summed E-state index contributed by atoms with van der Waals surface area (Å²) in [4.78, 5) is 0. The third-order valence-corrected chi connectivity index (χ3v) is 8.57. The monoisotopic (exact) mass is 566 g/mol. The summed E-state index contributed by atoms with van der Waals surface area (Å²) < 4.78 is 26.3. The number of rotatable bonds is 25. The first-order chi connectivity index (χ1) is 18.7. The standard InChI is InChI=1S/C30H48F2N4S2/c31-29-13-9-11-27(23-29)25-35-17-7-3-1-5-15-33-19-21-37-38-22-20-34-16-6-2-4-8-18-36-26-28-12-10-14-30(32)24-28/h9-14,23-24,33-36H,1-8,15-22,25-26H2. The van der Waals surface area contributed by atoms with E-state index >= 15 is 0 Å². The lowest BCUT2D eigenvalue weighted by Crippen LogP contribution is -2.19. The predicted molar refractivity (Wildman–Crippen MR) is 164 cm³/mol. The summed E-state index contributed by atoms with van der Waals surface area (Å²) in [6, 6.07) is 13.6. The molecule has 4 nitrogen and oxygen atoms in total. The average molecular weight is 567 g/mol. The maximum Gasteiger partial charge on any atom is 0.123 e. The predicted octanol–water partition coefficient (Wildman–Crippen LogP) is 6.53. The maximum atomic E-state index is 13.1. The van der Waals surface area contributed by atoms with Gasteiger partial charge in [0.2, 0.25) is 0 Å². The molecule has 0 fully saturated rings. The molecule has 0 unspecified atom stereocenters. The Hall–Kier alpha value is -1.16. The van der Waals surface area contributed by atoms with E-state index in [9.17, 15) is 8.78 Å². The molecule has 0 bridgehead atoms. The Bertz CT molecular complexity index is 761. The molecule has 0 heterocycles. The zero-order valence-corrected chi connectivity index (χ0v) is 24.6. The van der Waals surface area contributed by atoms with E-state index in [0.29, 0.717) is 0 Å². The van der Waals surface area contributed by atoms with E-state index in [1.54, 1.807) is 24.3 Å². The number of hydrogen-bond acceptors (Lipinski definition) is 6. The van der Waals surface area contributed by atoms with Gasteiger partial charge in [0.05, 0.1) is 0 Å². The smallest absolute Gasteiger partial charge is 0.123 e. The van der Waals surface area contributed by atoms with E-state index in [4.69, 9.17) is 0 Å². The van der Waals surface area contributed by atoms with Gasteiger partial charge in [0.15, 0.2) is 0 Å². The minimum atomic E-state index is -0.162. The van der Waals surface area contributed by atoms with Crippen LogP contribution in [0.15, 0.2) is 48.5 Å². The van der Waals surface area contributed by atoms with Crippen molar-refractivity contribution in [3.05, 3.63) is 71.3 Å². The van der Waals surface area contributed by atoms with E-state index < -0.39 is 0 Å². The molecule has 2 aromatic carbocycles. The Labute approximate surface area is 237 Å². The molecule has 0 aliphatic carbocycles. The Morgan fingerprint density at radius 2 is 0.868 bits per heavy atom. The van der Waals surface area contributed by atoms with Crippen LogP contribution < -0.4 is 21.3 Å². The zero-order valence-electron chi connectivity index (χ0n) is 22.9. The molecule has 0 spiro atoms. The number of hydrogen-bond donors (Lipinski definition) is 4. The van der Waals surface area contributed by atoms with Crippen LogP contribution in [0.3, 0.4) is 0 Å². The van der Waals surface area contributed by atoms with E-state index in [2.05, 4.69) is 21.3 Å². The van der Waals surface area contributed by atoms with Crippen LogP contribution in [0.4, 0.5) is 8.78 Å². The van der Waals surface area contributed by atoms with Crippen molar-refractivity contribution >= 4 is 21.6 Å². The molecule has 0 amide bonds. The van der Waals surface area contributed by atoms with Crippen LogP contribution in [0, 0.1) is 11.6 Å². The Morgan fingerprint density at radius 3 is 1.26 bits per heavy atom. The maximum absolute atomic E-state index is 13.1. The number of unbranched alkanes of at least 4 members (excludes halogenated alkanes) is 6. The first-order valence-corrected chi connectivity index (χ1v) is 16.8. The molecule has 8 heteroatoms. The summed E-state index contributed by atoms with van der Waals surface area (Å²) in [6.45, 7) is 7.83. The number of benzene rings is 2. The molecule has 0 aliphatic heterocycles. The third kappa shape index (κ3) is 19.0. The largest absolute Gasteiger partial charge is 0.316 e. The fourth-order valence-corrected chi connectivity index (χ4v) is 5.96. The second-order valence-electron chi connectivity index (χ2n) is 9.59. The molecular weight excluding hydrogens is 518 g/mol. The minimum absolute atomic E-state index is 0.162. The van der Waals surface area contributed by atoms with E-state index in [1.165, 1.54) is 63.5 Å². The highest BCUT2D eigenvalue weighted by molar-refractivity contribution is 8.76. The van der Waals surface area contributed by atoms with Crippen molar-refractivity contribution < 1.29 is 8.78 Å². The highest BCUT2D eigenvalue weighted by Crippen LogP contribution is 2.19. The van der Waals surface area contributed by atoms with Crippen LogP contribution >= 0.6 is 21.6 Å². The number of halogens is 2. The first kappa shape index (κ1) is 33.0. The van der Waals surface area contributed by atoms with Crippen LogP contribution in [-0.4, -0.2) is 50.8 Å². The molecule has 0 aromatic heterocycles. The Morgan fingerprint density at radius 1 is 0.474 bits per heavy atom. The van der Waals surface area contributed by atoms with E-state index in [0.717, 1.165) is 75.0 Å². The van der Waals surface area contributed by atoms with Crippen LogP contribution in [-0.2, 0) is 13.1 Å². The second-order valence-corrected chi connectivity index (χ2v) is 12.3. The summed E-state index contributed by atoms with van der Waals surface area (Å²) in [5.41, 5.74) is 2.02. The van der Waals surface area contributed by atoms with Crippen molar-refractivity contribution in [3.63, 3.8) is 0 Å². The van der Waals surface area contributed by atoms with Gasteiger partial charge in [-0.05, 0) is 87.3 Å². The highest BCUT2D eigenvalue weighted by atomic mass is 33.1. The topological polar surface area (TPSA) is 48.1 Å². The van der Waals surface area contributed by atoms with Crippen LogP contribution in [0.2, 0.25) is 0 Å². The van der Waals surface area contributed by atoms with Gasteiger partial charge < -0.3 is 21.3 Å². The summed E-state index contributed by atoms with van der Waals surface area (Å²) >= 11 is 0. The zero-order chi connectivity index (χ0) is 26.9. The molecule has 38 heavy (non-hydrogen) atoms. The first-order valence-electron chi connectivity index (χ1n) is 14.3. The molecule has 0 aliphatic rings. The van der Waals surface area contributed by atoms with E-state index in [1.807, 2.05) is 33.7 Å². The van der Waals surface area contributed by atoms with Crippen molar-refractivity contribution in [3.8, 4) is 0 Å². The molecule has 2 rings (SSSR count). The van der Waals surface area contributed by atoms with Crippen molar-refractivity contribution in [1.29, 1.82) is 0 Å². The van der Waals surface area contributed by atoms with Gasteiger partial charge in [-0.2, -0.15) is 0 Å². The fraction of sp³-hybridized carbons (Fsp3) is 0.600. The van der Waals surface area contributed by atoms with Gasteiger partial charge in [0.25, 0.3) is 0 Å². The molecule has 0 saturated carbocycles. The lowest BCUT2D eigenvalue weighted by Gasteiger charge is -2.07. The molecular formula is C30H48F2N4S2. The third-order valence-electron chi connectivity index (χ3n) is 6.16. The Kier molecular flexibility index (Phi) is 20.6. The average Bonchev–Trinajstić information content (AvgIpc) is 2.91. The quantitative estimate of drug-likeness (QED) is 0.0810. The lowest BCUT2D eigenvalue weighted by molar-refractivity contribution is 0.567. The molecule has 2 aromatic rings. The lowest BCUT2D eigenvalue weighted by atomic mass is 10.2. The molecule has 0 saturated heterocycles. The van der Waals surface area contributed by atoms with Gasteiger partial charge in [-0.3, -0.25) is 0 Å². The molecule has 4 N–H and O–H groups in total. The summed E-state index contributed by atoms with van der Waals surface area (Å²) in [6.07, 6.45) is 9.81. The molecule has 0 radical (unpaired) electrons. The van der Waals surface area contributed by atoms with Crippen LogP contribution in [0.1, 0.15) is 62.5 Å². The Balaban J connectivity index is 1.20. The summed E-state index contributed by atoms with van der Waals surface area (Å²) in [7, 11) is 3.93. The molecule has 214 valence electrons.